The molecule has 0 saturated heterocycles. The van der Waals surface area contributed by atoms with E-state index in [1.165, 1.54) is 23.0 Å². The second kappa shape index (κ2) is 10.1. The van der Waals surface area contributed by atoms with Crippen LogP contribution in [0.3, 0.4) is 0 Å². The molecule has 1 aromatic heterocycles. The number of hydrogen-bond donors (Lipinski definition) is 1. The lowest BCUT2D eigenvalue weighted by Gasteiger charge is -2.22. The number of carbonyl (C=O) groups excluding carboxylic acids is 1. The highest BCUT2D eigenvalue weighted by molar-refractivity contribution is 5.91. The van der Waals surface area contributed by atoms with Gasteiger partial charge < -0.3 is 19.2 Å². The van der Waals surface area contributed by atoms with E-state index in [2.05, 4.69) is 61.1 Å². The number of rotatable bonds is 9. The van der Waals surface area contributed by atoms with Crippen molar-refractivity contribution < 1.29 is 18.7 Å². The molecule has 0 fully saturated rings. The number of carbonyl (C=O) groups is 1. The largest absolute Gasteiger partial charge is 0.454 e. The number of oxazole rings is 1. The van der Waals surface area contributed by atoms with Crippen LogP contribution in [0.1, 0.15) is 52.5 Å². The Morgan fingerprint density at radius 1 is 1.06 bits per heavy atom. The minimum absolute atomic E-state index is 0.212. The van der Waals surface area contributed by atoms with Crippen LogP contribution in [-0.2, 0) is 19.6 Å². The number of amides is 1. The summed E-state index contributed by atoms with van der Waals surface area (Å²) in [6.45, 7) is 11.0. The van der Waals surface area contributed by atoms with Crippen LogP contribution in [0.25, 0.3) is 0 Å². The Morgan fingerprint density at radius 2 is 1.88 bits per heavy atom. The number of hydrogen-bond acceptors (Lipinski definition) is 6. The Balaban J connectivity index is 1.52. The maximum atomic E-state index is 12.3. The molecule has 0 aliphatic carbocycles. The molecule has 0 bridgehead atoms. The van der Waals surface area contributed by atoms with Crippen molar-refractivity contribution in [1.82, 2.24) is 15.2 Å². The number of ether oxygens (including phenoxy) is 2. The van der Waals surface area contributed by atoms with Gasteiger partial charge in [0.15, 0.2) is 17.2 Å². The van der Waals surface area contributed by atoms with Gasteiger partial charge in [-0.15, -0.1) is 0 Å². The van der Waals surface area contributed by atoms with Crippen LogP contribution >= 0.6 is 0 Å². The zero-order chi connectivity index (χ0) is 23.4. The Kier molecular flexibility index (Phi) is 6.99. The minimum atomic E-state index is -0.212. The summed E-state index contributed by atoms with van der Waals surface area (Å²) in [5.41, 5.74) is 5.11. The van der Waals surface area contributed by atoms with Crippen molar-refractivity contribution in [1.29, 1.82) is 0 Å². The second-order valence-electron chi connectivity index (χ2n) is 8.99. The average Bonchev–Trinajstić information content (AvgIpc) is 3.43. The van der Waals surface area contributed by atoms with Gasteiger partial charge in [-0.2, -0.15) is 0 Å². The van der Waals surface area contributed by atoms with Crippen LogP contribution < -0.4 is 14.8 Å². The highest BCUT2D eigenvalue weighted by Crippen LogP contribution is 2.33. The zero-order valence-corrected chi connectivity index (χ0v) is 19.7. The van der Waals surface area contributed by atoms with Crippen LogP contribution in [-0.4, -0.2) is 29.1 Å². The Labute approximate surface area is 194 Å². The molecule has 1 amide bonds. The molecule has 0 unspecified atom stereocenters. The summed E-state index contributed by atoms with van der Waals surface area (Å²) >= 11 is 0. The van der Waals surface area contributed by atoms with Crippen molar-refractivity contribution in [2.75, 3.05) is 13.3 Å². The van der Waals surface area contributed by atoms with Crippen molar-refractivity contribution in [2.45, 2.75) is 47.3 Å². The Hall–Kier alpha value is -3.32. The van der Waals surface area contributed by atoms with E-state index >= 15 is 0 Å². The third-order valence-corrected chi connectivity index (χ3v) is 5.56. The molecule has 3 aromatic rings. The molecule has 1 N–H and O–H groups in total. The molecule has 4 rings (SSSR count). The fourth-order valence-corrected chi connectivity index (χ4v) is 3.74. The van der Waals surface area contributed by atoms with Gasteiger partial charge in [-0.05, 0) is 48.6 Å². The minimum Gasteiger partial charge on any atom is -0.454 e. The molecule has 0 spiro atoms. The molecule has 7 nitrogen and oxygen atoms in total. The first-order chi connectivity index (χ1) is 15.9. The van der Waals surface area contributed by atoms with E-state index in [9.17, 15) is 4.79 Å². The Bertz CT molecular complexity index is 1120. The van der Waals surface area contributed by atoms with Gasteiger partial charge in [0, 0.05) is 19.6 Å². The van der Waals surface area contributed by atoms with E-state index in [0.717, 1.165) is 23.6 Å². The summed E-state index contributed by atoms with van der Waals surface area (Å²) in [4.78, 5) is 19.0. The molecule has 0 radical (unpaired) electrons. The second-order valence-corrected chi connectivity index (χ2v) is 8.99. The van der Waals surface area contributed by atoms with E-state index in [0.29, 0.717) is 37.1 Å². The van der Waals surface area contributed by atoms with Crippen molar-refractivity contribution in [3.8, 4) is 11.5 Å². The standard InChI is InChI=1S/C26H31N3O4/c1-17(2)11-27-26(30)22-15-31-25(28-22)14-29(13-21-9-18(3)5-6-19(21)4)12-20-7-8-23-24(10-20)33-16-32-23/h5-10,15,17H,11-14,16H2,1-4H3,(H,27,30). The van der Waals surface area contributed by atoms with Crippen molar-refractivity contribution in [3.05, 3.63) is 76.5 Å². The predicted octanol–water partition coefficient (Wildman–Crippen LogP) is 4.61. The highest BCUT2D eigenvalue weighted by atomic mass is 16.7. The number of nitrogens with one attached hydrogen (secondary N) is 1. The molecular formula is C26H31N3O4. The summed E-state index contributed by atoms with van der Waals surface area (Å²) < 4.78 is 16.7. The van der Waals surface area contributed by atoms with Gasteiger partial charge >= 0.3 is 0 Å². The van der Waals surface area contributed by atoms with Crippen LogP contribution in [0.2, 0.25) is 0 Å². The summed E-state index contributed by atoms with van der Waals surface area (Å²) in [5, 5.41) is 2.88. The van der Waals surface area contributed by atoms with Gasteiger partial charge in [0.1, 0.15) is 6.26 Å². The lowest BCUT2D eigenvalue weighted by Crippen LogP contribution is -2.27. The van der Waals surface area contributed by atoms with Gasteiger partial charge in [0.2, 0.25) is 12.7 Å². The lowest BCUT2D eigenvalue weighted by molar-refractivity contribution is 0.0944. The van der Waals surface area contributed by atoms with E-state index in [4.69, 9.17) is 13.9 Å². The molecule has 174 valence electrons. The number of nitrogens with zero attached hydrogens (tertiary/aromatic N) is 2. The highest BCUT2D eigenvalue weighted by Gasteiger charge is 2.18. The first kappa shape index (κ1) is 22.9. The Morgan fingerprint density at radius 3 is 2.70 bits per heavy atom. The summed E-state index contributed by atoms with van der Waals surface area (Å²) in [7, 11) is 0. The SMILES string of the molecule is Cc1ccc(C)c(CN(Cc2ccc3c(c2)OCO3)Cc2nc(C(=O)NCC(C)C)co2)c1. The first-order valence-electron chi connectivity index (χ1n) is 11.3. The van der Waals surface area contributed by atoms with Crippen LogP contribution in [0.5, 0.6) is 11.5 Å². The van der Waals surface area contributed by atoms with E-state index < -0.39 is 0 Å². The fourth-order valence-electron chi connectivity index (χ4n) is 3.74. The third-order valence-electron chi connectivity index (χ3n) is 5.56. The number of aromatic nitrogens is 1. The quantitative estimate of drug-likeness (QED) is 0.514. The van der Waals surface area contributed by atoms with Crippen LogP contribution in [0, 0.1) is 19.8 Å². The van der Waals surface area contributed by atoms with E-state index in [1.807, 2.05) is 18.2 Å². The maximum absolute atomic E-state index is 12.3. The molecule has 0 saturated carbocycles. The van der Waals surface area contributed by atoms with Gasteiger partial charge in [-0.1, -0.05) is 43.7 Å². The molecule has 1 aliphatic heterocycles. The predicted molar refractivity (Wildman–Crippen MR) is 125 cm³/mol. The van der Waals surface area contributed by atoms with Gasteiger partial charge in [0.25, 0.3) is 5.91 Å². The first-order valence-corrected chi connectivity index (χ1v) is 11.3. The summed E-state index contributed by atoms with van der Waals surface area (Å²) in [5.74, 6) is 2.20. The summed E-state index contributed by atoms with van der Waals surface area (Å²) in [6, 6.07) is 12.5. The number of aryl methyl sites for hydroxylation is 2. The van der Waals surface area contributed by atoms with Crippen LogP contribution in [0.15, 0.2) is 47.1 Å². The third kappa shape index (κ3) is 5.93. The molecule has 2 aromatic carbocycles. The van der Waals surface area contributed by atoms with Gasteiger partial charge in [-0.3, -0.25) is 9.69 Å². The number of benzene rings is 2. The molecule has 33 heavy (non-hydrogen) atoms. The van der Waals surface area contributed by atoms with Crippen molar-refractivity contribution >= 4 is 5.91 Å². The molecule has 7 heteroatoms. The van der Waals surface area contributed by atoms with Crippen molar-refractivity contribution in [3.63, 3.8) is 0 Å². The molecule has 1 aliphatic rings. The van der Waals surface area contributed by atoms with Gasteiger partial charge in [0.05, 0.1) is 6.54 Å². The van der Waals surface area contributed by atoms with Crippen LogP contribution in [0.4, 0.5) is 0 Å². The average molecular weight is 450 g/mol. The van der Waals surface area contributed by atoms with Gasteiger partial charge in [-0.25, -0.2) is 4.98 Å². The topological polar surface area (TPSA) is 76.8 Å². The lowest BCUT2D eigenvalue weighted by atomic mass is 10.0. The molecule has 0 atom stereocenters. The van der Waals surface area contributed by atoms with Crippen molar-refractivity contribution in [2.24, 2.45) is 5.92 Å². The molecule has 2 heterocycles. The monoisotopic (exact) mass is 449 g/mol. The number of fused-ring (bicyclic) bond motifs is 1. The smallest absolute Gasteiger partial charge is 0.273 e. The maximum Gasteiger partial charge on any atom is 0.273 e. The zero-order valence-electron chi connectivity index (χ0n) is 19.7. The fraction of sp³-hybridized carbons (Fsp3) is 0.385. The molecular weight excluding hydrogens is 418 g/mol. The van der Waals surface area contributed by atoms with E-state index in [1.54, 1.807) is 0 Å². The van der Waals surface area contributed by atoms with E-state index in [-0.39, 0.29) is 12.7 Å². The summed E-state index contributed by atoms with van der Waals surface area (Å²) in [6.07, 6.45) is 1.43. The normalized spacial score (nSPS) is 12.5.